The highest BCUT2D eigenvalue weighted by molar-refractivity contribution is 5.31. The quantitative estimate of drug-likeness (QED) is 0.803. The van der Waals surface area contributed by atoms with Crippen molar-refractivity contribution in [2.45, 2.75) is 18.9 Å². The van der Waals surface area contributed by atoms with Gasteiger partial charge in [0.25, 0.3) is 0 Å². The molecule has 0 amide bonds. The van der Waals surface area contributed by atoms with Gasteiger partial charge in [-0.25, -0.2) is 0 Å². The Labute approximate surface area is 90.3 Å². The molecular weight excluding hydrogens is 190 g/mol. The van der Waals surface area contributed by atoms with Crippen molar-refractivity contribution in [3.8, 4) is 11.5 Å². The van der Waals surface area contributed by atoms with Gasteiger partial charge in [-0.2, -0.15) is 0 Å². The molecule has 1 fully saturated rings. The number of ether oxygens (including phenoxy) is 1. The third-order valence-electron chi connectivity index (χ3n) is 2.70. The Bertz CT molecular complexity index is 327. The number of aromatic hydroxyl groups is 1. The van der Waals surface area contributed by atoms with Crippen molar-refractivity contribution in [3.63, 3.8) is 0 Å². The first-order valence-corrected chi connectivity index (χ1v) is 5.38. The molecule has 82 valence electrons. The molecule has 1 atom stereocenters. The van der Waals surface area contributed by atoms with Crippen LogP contribution in [0.3, 0.4) is 0 Å². The second-order valence-corrected chi connectivity index (χ2v) is 4.14. The highest BCUT2D eigenvalue weighted by Gasteiger charge is 2.18. The number of phenols is 1. The molecule has 1 aliphatic heterocycles. The normalized spacial score (nSPS) is 22.6. The number of likely N-dealkylation sites (tertiary alicyclic amines) is 1. The zero-order valence-electron chi connectivity index (χ0n) is 9.02. The number of hydrogen-bond acceptors (Lipinski definition) is 3. The molecule has 0 saturated carbocycles. The second-order valence-electron chi connectivity index (χ2n) is 4.14. The Morgan fingerprint density at radius 2 is 2.33 bits per heavy atom. The summed E-state index contributed by atoms with van der Waals surface area (Å²) in [5, 5.41) is 9.30. The maximum Gasteiger partial charge on any atom is 0.123 e. The van der Waals surface area contributed by atoms with E-state index < -0.39 is 0 Å². The minimum absolute atomic E-state index is 0.255. The molecule has 1 heterocycles. The third-order valence-corrected chi connectivity index (χ3v) is 2.70. The lowest BCUT2D eigenvalue weighted by atomic mass is 10.1. The Morgan fingerprint density at radius 3 is 3.07 bits per heavy atom. The summed E-state index contributed by atoms with van der Waals surface area (Å²) < 4.78 is 5.80. The molecule has 0 aliphatic carbocycles. The van der Waals surface area contributed by atoms with Crippen LogP contribution in [0.15, 0.2) is 24.3 Å². The fraction of sp³-hybridized carbons (Fsp3) is 0.500. The van der Waals surface area contributed by atoms with Crippen molar-refractivity contribution in [1.29, 1.82) is 0 Å². The van der Waals surface area contributed by atoms with Gasteiger partial charge in [-0.15, -0.1) is 0 Å². The van der Waals surface area contributed by atoms with Gasteiger partial charge >= 0.3 is 0 Å². The molecule has 1 aromatic rings. The maximum absolute atomic E-state index is 9.30. The predicted octanol–water partition coefficient (Wildman–Crippen LogP) is 1.87. The number of piperidine rings is 1. The first kappa shape index (κ1) is 10.3. The van der Waals surface area contributed by atoms with Crippen molar-refractivity contribution in [2.75, 3.05) is 20.1 Å². The monoisotopic (exact) mass is 207 g/mol. The van der Waals surface area contributed by atoms with E-state index in [1.54, 1.807) is 18.2 Å². The molecule has 3 nitrogen and oxygen atoms in total. The first-order chi connectivity index (χ1) is 7.24. The number of rotatable bonds is 2. The van der Waals surface area contributed by atoms with Gasteiger partial charge in [0, 0.05) is 12.6 Å². The van der Waals surface area contributed by atoms with Crippen molar-refractivity contribution in [1.82, 2.24) is 4.90 Å². The fourth-order valence-corrected chi connectivity index (χ4v) is 1.96. The van der Waals surface area contributed by atoms with Crippen LogP contribution >= 0.6 is 0 Å². The number of benzene rings is 1. The fourth-order valence-electron chi connectivity index (χ4n) is 1.96. The Balaban J connectivity index is 1.96. The largest absolute Gasteiger partial charge is 0.508 e. The summed E-state index contributed by atoms with van der Waals surface area (Å²) in [7, 11) is 2.11. The minimum atomic E-state index is 0.255. The predicted molar refractivity (Wildman–Crippen MR) is 59.3 cm³/mol. The third kappa shape index (κ3) is 2.86. The smallest absolute Gasteiger partial charge is 0.123 e. The van der Waals surface area contributed by atoms with Crippen LogP contribution in [-0.4, -0.2) is 36.2 Å². The minimum Gasteiger partial charge on any atom is -0.508 e. The van der Waals surface area contributed by atoms with Crippen molar-refractivity contribution >= 4 is 0 Å². The molecule has 1 saturated heterocycles. The molecule has 1 aromatic carbocycles. The van der Waals surface area contributed by atoms with E-state index in [1.165, 1.54) is 6.42 Å². The zero-order chi connectivity index (χ0) is 10.7. The van der Waals surface area contributed by atoms with E-state index in [2.05, 4.69) is 11.9 Å². The highest BCUT2D eigenvalue weighted by atomic mass is 16.5. The van der Waals surface area contributed by atoms with Crippen LogP contribution in [-0.2, 0) is 0 Å². The van der Waals surface area contributed by atoms with E-state index in [4.69, 9.17) is 4.74 Å². The van der Waals surface area contributed by atoms with Gasteiger partial charge < -0.3 is 14.7 Å². The van der Waals surface area contributed by atoms with E-state index in [1.807, 2.05) is 6.07 Å². The highest BCUT2D eigenvalue weighted by Crippen LogP contribution is 2.21. The summed E-state index contributed by atoms with van der Waals surface area (Å²) >= 11 is 0. The average molecular weight is 207 g/mol. The van der Waals surface area contributed by atoms with E-state index in [0.29, 0.717) is 0 Å². The summed E-state index contributed by atoms with van der Waals surface area (Å²) in [6.45, 7) is 2.12. The second kappa shape index (κ2) is 4.53. The van der Waals surface area contributed by atoms with E-state index in [0.717, 1.165) is 25.3 Å². The van der Waals surface area contributed by atoms with Gasteiger partial charge in [-0.05, 0) is 38.6 Å². The first-order valence-electron chi connectivity index (χ1n) is 5.38. The summed E-state index contributed by atoms with van der Waals surface area (Å²) in [6, 6.07) is 7.00. The maximum atomic E-state index is 9.30. The molecule has 15 heavy (non-hydrogen) atoms. The van der Waals surface area contributed by atoms with Gasteiger partial charge in [-0.3, -0.25) is 0 Å². The van der Waals surface area contributed by atoms with Crippen LogP contribution in [0.2, 0.25) is 0 Å². The molecular formula is C12H17NO2. The van der Waals surface area contributed by atoms with Crippen LogP contribution in [0.25, 0.3) is 0 Å². The van der Waals surface area contributed by atoms with Gasteiger partial charge in [0.2, 0.25) is 0 Å². The van der Waals surface area contributed by atoms with Crippen molar-refractivity contribution in [3.05, 3.63) is 24.3 Å². The average Bonchev–Trinajstić information content (AvgIpc) is 2.17. The zero-order valence-corrected chi connectivity index (χ0v) is 9.02. The lowest BCUT2D eigenvalue weighted by Crippen LogP contribution is -2.38. The van der Waals surface area contributed by atoms with Gasteiger partial charge in [0.15, 0.2) is 0 Å². The molecule has 0 aromatic heterocycles. The van der Waals surface area contributed by atoms with Gasteiger partial charge in [-0.1, -0.05) is 6.07 Å². The van der Waals surface area contributed by atoms with E-state index in [-0.39, 0.29) is 11.9 Å². The Kier molecular flexibility index (Phi) is 3.11. The van der Waals surface area contributed by atoms with E-state index >= 15 is 0 Å². The summed E-state index contributed by atoms with van der Waals surface area (Å²) in [5.74, 6) is 1.02. The molecule has 2 rings (SSSR count). The molecule has 3 heteroatoms. The summed E-state index contributed by atoms with van der Waals surface area (Å²) in [5.41, 5.74) is 0. The van der Waals surface area contributed by atoms with Crippen LogP contribution in [0.1, 0.15) is 12.8 Å². The van der Waals surface area contributed by atoms with Crippen molar-refractivity contribution < 1.29 is 9.84 Å². The molecule has 0 bridgehead atoms. The topological polar surface area (TPSA) is 32.7 Å². The molecule has 1 N–H and O–H groups in total. The van der Waals surface area contributed by atoms with Crippen LogP contribution in [0.4, 0.5) is 0 Å². The van der Waals surface area contributed by atoms with Crippen LogP contribution in [0.5, 0.6) is 11.5 Å². The Morgan fingerprint density at radius 1 is 1.47 bits per heavy atom. The SMILES string of the molecule is CN1CCCC(Oc2cccc(O)c2)C1. The number of phenolic OH excluding ortho intramolecular Hbond substituents is 1. The number of nitrogens with zero attached hydrogens (tertiary/aromatic N) is 1. The van der Waals surface area contributed by atoms with Gasteiger partial charge in [0.05, 0.1) is 0 Å². The lowest BCUT2D eigenvalue weighted by Gasteiger charge is -2.29. The number of hydrogen-bond donors (Lipinski definition) is 1. The number of likely N-dealkylation sites (N-methyl/N-ethyl adjacent to an activating group) is 1. The molecule has 0 spiro atoms. The Hall–Kier alpha value is -1.22. The molecule has 0 radical (unpaired) electrons. The van der Waals surface area contributed by atoms with Crippen LogP contribution < -0.4 is 4.74 Å². The standard InChI is InChI=1S/C12H17NO2/c1-13-7-3-6-12(9-13)15-11-5-2-4-10(14)8-11/h2,4-5,8,12,14H,3,6-7,9H2,1H3. The molecule has 1 aliphatic rings. The van der Waals surface area contributed by atoms with Gasteiger partial charge in [0.1, 0.15) is 17.6 Å². The van der Waals surface area contributed by atoms with E-state index in [9.17, 15) is 5.11 Å². The van der Waals surface area contributed by atoms with Crippen LogP contribution in [0, 0.1) is 0 Å². The molecule has 1 unspecified atom stereocenters. The summed E-state index contributed by atoms with van der Waals surface area (Å²) in [4.78, 5) is 2.27. The summed E-state index contributed by atoms with van der Waals surface area (Å²) in [6.07, 6.45) is 2.53. The lowest BCUT2D eigenvalue weighted by molar-refractivity contribution is 0.104. The van der Waals surface area contributed by atoms with Crippen molar-refractivity contribution in [2.24, 2.45) is 0 Å².